The van der Waals surface area contributed by atoms with E-state index < -0.39 is 0 Å². The lowest BCUT2D eigenvalue weighted by Crippen LogP contribution is -2.37. The Bertz CT molecular complexity index is 527. The Morgan fingerprint density at radius 1 is 1.30 bits per heavy atom. The number of aliphatic imine (C=N–C) groups is 1. The van der Waals surface area contributed by atoms with Gasteiger partial charge in [0.05, 0.1) is 12.2 Å². The fraction of sp³-hybridized carbons (Fsp3) is 0.462. The molecule has 7 nitrogen and oxygen atoms in total. The maximum atomic E-state index is 4.19. The molecule has 0 saturated heterocycles. The van der Waals surface area contributed by atoms with Gasteiger partial charge in [0, 0.05) is 45.8 Å². The molecule has 0 radical (unpaired) electrons. The Morgan fingerprint density at radius 2 is 2.20 bits per heavy atom. The molecule has 0 amide bonds. The topological polar surface area (TPSA) is 72.1 Å². The van der Waals surface area contributed by atoms with E-state index in [1.807, 2.05) is 34.7 Å². The second-order valence-electron chi connectivity index (χ2n) is 4.42. The summed E-state index contributed by atoms with van der Waals surface area (Å²) in [5.41, 5.74) is 1.12. The molecule has 0 aliphatic rings. The molecule has 0 bridgehead atoms. The van der Waals surface area contributed by atoms with Crippen molar-refractivity contribution in [3.05, 3.63) is 36.4 Å². The second-order valence-corrected chi connectivity index (χ2v) is 4.42. The van der Waals surface area contributed by atoms with Crippen LogP contribution in [0.4, 0.5) is 0 Å². The van der Waals surface area contributed by atoms with Crippen LogP contribution in [0, 0.1) is 0 Å². The molecule has 0 aromatic carbocycles. The minimum Gasteiger partial charge on any atom is -0.356 e. The summed E-state index contributed by atoms with van der Waals surface area (Å²) in [5, 5.41) is 14.8. The molecule has 0 unspecified atom stereocenters. The number of guanidine groups is 1. The number of hydrogen-bond donors (Lipinski definition) is 2. The Labute approximate surface area is 118 Å². The number of nitrogens with zero attached hydrogens (tertiary/aromatic N) is 5. The fourth-order valence-electron chi connectivity index (χ4n) is 1.85. The molecule has 0 spiro atoms. The smallest absolute Gasteiger partial charge is 0.191 e. The maximum Gasteiger partial charge on any atom is 0.191 e. The van der Waals surface area contributed by atoms with Gasteiger partial charge in [-0.25, -0.2) is 0 Å². The van der Waals surface area contributed by atoms with Crippen molar-refractivity contribution in [3.8, 4) is 0 Å². The predicted octanol–water partition coefficient (Wildman–Crippen LogP) is 0.372. The Balaban J connectivity index is 1.66. The molecule has 108 valence electrons. The van der Waals surface area contributed by atoms with Gasteiger partial charge in [0.2, 0.25) is 0 Å². The van der Waals surface area contributed by atoms with Crippen molar-refractivity contribution in [2.75, 3.05) is 13.6 Å². The van der Waals surface area contributed by atoms with Gasteiger partial charge in [-0.2, -0.15) is 10.2 Å². The van der Waals surface area contributed by atoms with Crippen LogP contribution < -0.4 is 10.6 Å². The zero-order valence-electron chi connectivity index (χ0n) is 12.0. The van der Waals surface area contributed by atoms with Crippen molar-refractivity contribution in [1.82, 2.24) is 30.2 Å². The van der Waals surface area contributed by atoms with Gasteiger partial charge in [0.15, 0.2) is 5.96 Å². The number of aromatic nitrogens is 4. The molecule has 2 aromatic rings. The largest absolute Gasteiger partial charge is 0.356 e. The van der Waals surface area contributed by atoms with Crippen molar-refractivity contribution in [1.29, 1.82) is 0 Å². The van der Waals surface area contributed by atoms with Gasteiger partial charge in [-0.1, -0.05) is 0 Å². The fourth-order valence-corrected chi connectivity index (χ4v) is 1.85. The van der Waals surface area contributed by atoms with E-state index in [-0.39, 0.29) is 0 Å². The van der Waals surface area contributed by atoms with Crippen LogP contribution in [0.1, 0.15) is 12.1 Å². The quantitative estimate of drug-likeness (QED) is 0.454. The van der Waals surface area contributed by atoms with Crippen LogP contribution >= 0.6 is 0 Å². The molecule has 2 heterocycles. The van der Waals surface area contributed by atoms with Crippen LogP contribution in [0.3, 0.4) is 0 Å². The number of nitrogens with one attached hydrogen (secondary N) is 2. The summed E-state index contributed by atoms with van der Waals surface area (Å²) >= 11 is 0. The van der Waals surface area contributed by atoms with Gasteiger partial charge < -0.3 is 10.6 Å². The van der Waals surface area contributed by atoms with E-state index in [0.717, 1.165) is 31.2 Å². The third-order valence-corrected chi connectivity index (χ3v) is 3.00. The highest BCUT2D eigenvalue weighted by atomic mass is 15.3. The third kappa shape index (κ3) is 4.11. The van der Waals surface area contributed by atoms with Gasteiger partial charge >= 0.3 is 0 Å². The molecular weight excluding hydrogens is 254 g/mol. The van der Waals surface area contributed by atoms with Gasteiger partial charge in [-0.3, -0.25) is 14.4 Å². The number of rotatable bonds is 6. The summed E-state index contributed by atoms with van der Waals surface area (Å²) in [6.45, 7) is 2.46. The van der Waals surface area contributed by atoms with E-state index in [9.17, 15) is 0 Å². The molecular formula is C13H21N7. The van der Waals surface area contributed by atoms with Gasteiger partial charge in [0.25, 0.3) is 0 Å². The van der Waals surface area contributed by atoms with Crippen LogP contribution in [-0.2, 0) is 20.1 Å². The highest BCUT2D eigenvalue weighted by Crippen LogP contribution is 1.94. The second kappa shape index (κ2) is 7.32. The van der Waals surface area contributed by atoms with Crippen molar-refractivity contribution < 1.29 is 0 Å². The van der Waals surface area contributed by atoms with Crippen molar-refractivity contribution >= 4 is 5.96 Å². The summed E-state index contributed by atoms with van der Waals surface area (Å²) < 4.78 is 3.77. The standard InChI is InChI=1S/C13H21N7/c1-14-13(16-11-12-5-8-17-19(12)2)15-6-3-9-20-10-4-7-18-20/h4-5,7-8,10H,3,6,9,11H2,1-2H3,(H2,14,15,16). The van der Waals surface area contributed by atoms with E-state index in [0.29, 0.717) is 6.54 Å². The normalized spacial score (nSPS) is 11.6. The lowest BCUT2D eigenvalue weighted by Gasteiger charge is -2.12. The van der Waals surface area contributed by atoms with Crippen LogP contribution in [-0.4, -0.2) is 39.1 Å². The number of hydrogen-bond acceptors (Lipinski definition) is 3. The van der Waals surface area contributed by atoms with Crippen molar-refractivity contribution in [3.63, 3.8) is 0 Å². The molecule has 2 rings (SSSR count). The zero-order valence-corrected chi connectivity index (χ0v) is 12.0. The zero-order chi connectivity index (χ0) is 14.2. The Hall–Kier alpha value is -2.31. The van der Waals surface area contributed by atoms with Gasteiger partial charge in [0.1, 0.15) is 0 Å². The molecule has 0 saturated carbocycles. The van der Waals surface area contributed by atoms with Crippen LogP contribution in [0.2, 0.25) is 0 Å². The van der Waals surface area contributed by atoms with E-state index in [1.165, 1.54) is 0 Å². The molecule has 0 fully saturated rings. The minimum atomic E-state index is 0.704. The summed E-state index contributed by atoms with van der Waals surface area (Å²) in [5.74, 6) is 0.798. The summed E-state index contributed by atoms with van der Waals surface area (Å²) in [7, 11) is 3.70. The molecule has 0 atom stereocenters. The van der Waals surface area contributed by atoms with Gasteiger partial charge in [-0.05, 0) is 18.6 Å². The lowest BCUT2D eigenvalue weighted by atomic mass is 10.4. The molecule has 2 N–H and O–H groups in total. The van der Waals surface area contributed by atoms with Crippen LogP contribution in [0.25, 0.3) is 0 Å². The molecule has 20 heavy (non-hydrogen) atoms. The van der Waals surface area contributed by atoms with E-state index in [2.05, 4.69) is 25.8 Å². The SMILES string of the molecule is CN=C(NCCCn1cccn1)NCc1ccnn1C. The summed E-state index contributed by atoms with van der Waals surface area (Å²) in [4.78, 5) is 4.19. The third-order valence-electron chi connectivity index (χ3n) is 3.00. The molecule has 2 aromatic heterocycles. The van der Waals surface area contributed by atoms with Crippen LogP contribution in [0.5, 0.6) is 0 Å². The van der Waals surface area contributed by atoms with Gasteiger partial charge in [-0.15, -0.1) is 0 Å². The highest BCUT2D eigenvalue weighted by Gasteiger charge is 2.01. The van der Waals surface area contributed by atoms with E-state index in [4.69, 9.17) is 0 Å². The predicted molar refractivity (Wildman–Crippen MR) is 78.3 cm³/mol. The number of aryl methyl sites for hydroxylation is 2. The molecule has 0 aliphatic carbocycles. The van der Waals surface area contributed by atoms with E-state index in [1.54, 1.807) is 19.4 Å². The Kier molecular flexibility index (Phi) is 5.16. The average Bonchev–Trinajstić information content (AvgIpc) is 3.10. The monoisotopic (exact) mass is 275 g/mol. The Morgan fingerprint density at radius 3 is 2.85 bits per heavy atom. The maximum absolute atomic E-state index is 4.19. The molecule has 0 aliphatic heterocycles. The summed E-state index contributed by atoms with van der Waals surface area (Å²) in [6.07, 6.45) is 6.54. The first-order chi connectivity index (χ1) is 9.79. The minimum absolute atomic E-state index is 0.704. The lowest BCUT2D eigenvalue weighted by molar-refractivity contribution is 0.569. The van der Waals surface area contributed by atoms with Crippen molar-refractivity contribution in [2.24, 2.45) is 12.0 Å². The summed E-state index contributed by atoms with van der Waals surface area (Å²) in [6, 6.07) is 3.92. The first kappa shape index (κ1) is 14.1. The highest BCUT2D eigenvalue weighted by molar-refractivity contribution is 5.79. The average molecular weight is 275 g/mol. The van der Waals surface area contributed by atoms with E-state index >= 15 is 0 Å². The van der Waals surface area contributed by atoms with Crippen molar-refractivity contribution in [2.45, 2.75) is 19.5 Å². The van der Waals surface area contributed by atoms with Crippen LogP contribution in [0.15, 0.2) is 35.7 Å². The first-order valence-corrected chi connectivity index (χ1v) is 6.68. The first-order valence-electron chi connectivity index (χ1n) is 6.68. The molecule has 7 heteroatoms.